The normalized spacial score (nSPS) is 24.1. The van der Waals surface area contributed by atoms with Crippen molar-refractivity contribution in [1.82, 2.24) is 20.5 Å². The molecule has 176 valence electrons. The van der Waals surface area contributed by atoms with Gasteiger partial charge < -0.3 is 26.6 Å². The molecule has 5 N–H and O–H groups in total. The topological polar surface area (TPSA) is 129 Å². The summed E-state index contributed by atoms with van der Waals surface area (Å²) < 4.78 is 16.1. The molecule has 2 saturated heterocycles. The Morgan fingerprint density at radius 1 is 1.36 bits per heavy atom. The van der Waals surface area contributed by atoms with Crippen molar-refractivity contribution in [1.29, 1.82) is 0 Å². The SMILES string of the molecule is [2H]N1C[C@H](N([2H])C(=O)CN)C[C@H]1C(=O)N1CCC[C@H]1C(=O)Nc1cnc2ccc(C(C)C)cc2c1. The van der Waals surface area contributed by atoms with Gasteiger partial charge in [0.15, 0.2) is 1.41 Å². The molecule has 3 heterocycles. The van der Waals surface area contributed by atoms with Crippen molar-refractivity contribution in [2.45, 2.75) is 57.2 Å². The molecular formula is C24H32N6O3. The third kappa shape index (κ3) is 5.15. The van der Waals surface area contributed by atoms with E-state index in [1.165, 1.54) is 10.5 Å². The Morgan fingerprint density at radius 3 is 2.94 bits per heavy atom. The molecule has 9 heteroatoms. The van der Waals surface area contributed by atoms with Gasteiger partial charge in [-0.15, -0.1) is 0 Å². The number of nitrogens with two attached hydrogens (primary N) is 1. The van der Waals surface area contributed by atoms with Crippen molar-refractivity contribution in [3.05, 3.63) is 36.0 Å². The fourth-order valence-corrected chi connectivity index (χ4v) is 4.48. The number of hydrogen-bond acceptors (Lipinski definition) is 6. The predicted molar refractivity (Wildman–Crippen MR) is 127 cm³/mol. The van der Waals surface area contributed by atoms with E-state index in [-0.39, 0.29) is 31.3 Å². The number of nitrogens with zero attached hydrogens (tertiary/aromatic N) is 2. The van der Waals surface area contributed by atoms with Crippen LogP contribution in [0, 0.1) is 0 Å². The van der Waals surface area contributed by atoms with Crippen molar-refractivity contribution in [3.8, 4) is 0 Å². The predicted octanol–water partition coefficient (Wildman–Crippen LogP) is 1.09. The molecular weight excluding hydrogens is 420 g/mol. The van der Waals surface area contributed by atoms with Gasteiger partial charge in [-0.3, -0.25) is 19.4 Å². The molecule has 3 atom stereocenters. The molecule has 0 saturated carbocycles. The van der Waals surface area contributed by atoms with Crippen molar-refractivity contribution in [3.63, 3.8) is 0 Å². The Kier molecular flexibility index (Phi) is 6.13. The second-order valence-electron chi connectivity index (χ2n) is 9.01. The van der Waals surface area contributed by atoms with Crippen LogP contribution in [0.2, 0.25) is 2.82 Å². The van der Waals surface area contributed by atoms with E-state index in [4.69, 9.17) is 8.56 Å². The lowest BCUT2D eigenvalue weighted by Crippen LogP contribution is -2.49. The van der Waals surface area contributed by atoms with Crippen LogP contribution >= 0.6 is 0 Å². The number of hydrogen-bond donors (Lipinski definition) is 4. The monoisotopic (exact) mass is 454 g/mol. The molecule has 0 spiro atoms. The number of pyridine rings is 1. The molecule has 2 fully saturated rings. The van der Waals surface area contributed by atoms with Crippen molar-refractivity contribution >= 4 is 34.3 Å². The fourth-order valence-electron chi connectivity index (χ4n) is 4.48. The zero-order valence-corrected chi connectivity index (χ0v) is 19.0. The first-order valence-electron chi connectivity index (χ1n) is 12.4. The maximum Gasteiger partial charge on any atom is 0.247 e. The van der Waals surface area contributed by atoms with Crippen LogP contribution < -0.4 is 21.7 Å². The number of amides is 3. The lowest BCUT2D eigenvalue weighted by Gasteiger charge is -2.26. The molecule has 4 rings (SSSR count). The molecule has 2 aliphatic rings. The van der Waals surface area contributed by atoms with E-state index >= 15 is 0 Å². The van der Waals surface area contributed by atoms with E-state index in [1.54, 1.807) is 6.20 Å². The first-order valence-corrected chi connectivity index (χ1v) is 11.5. The number of anilines is 1. The number of carbonyl (C=O) groups excluding carboxylic acids is 3. The molecule has 1 aromatic carbocycles. The zero-order valence-electron chi connectivity index (χ0n) is 21.0. The zero-order chi connectivity index (χ0) is 25.3. The molecule has 2 aliphatic heterocycles. The summed E-state index contributed by atoms with van der Waals surface area (Å²) in [5.74, 6) is -0.798. The Labute approximate surface area is 196 Å². The number of fused-ring (bicyclic) bond motifs is 1. The highest BCUT2D eigenvalue weighted by molar-refractivity contribution is 5.99. The summed E-state index contributed by atoms with van der Waals surface area (Å²) >= 11 is 0. The summed E-state index contributed by atoms with van der Waals surface area (Å²) in [6, 6.07) is 5.92. The average molecular weight is 455 g/mol. The van der Waals surface area contributed by atoms with Gasteiger partial charge in [-0.25, -0.2) is 0 Å². The highest BCUT2D eigenvalue weighted by atomic mass is 16.2. The third-order valence-corrected chi connectivity index (χ3v) is 6.30. The van der Waals surface area contributed by atoms with Crippen LogP contribution in [-0.2, 0) is 14.4 Å². The Morgan fingerprint density at radius 2 is 2.18 bits per heavy atom. The first kappa shape index (κ1) is 20.6. The van der Waals surface area contributed by atoms with Crippen LogP contribution in [0.15, 0.2) is 30.5 Å². The first-order chi connectivity index (χ1) is 16.7. The molecule has 0 radical (unpaired) electrons. The number of carbonyl (C=O) groups is 3. The van der Waals surface area contributed by atoms with Crippen LogP contribution in [-0.4, -0.2) is 65.4 Å². The van der Waals surface area contributed by atoms with Crippen LogP contribution in [0.4, 0.5) is 5.69 Å². The Balaban J connectivity index is 1.45. The van der Waals surface area contributed by atoms with Gasteiger partial charge in [-0.2, -0.15) is 0 Å². The van der Waals surface area contributed by atoms with E-state index in [1.807, 2.05) is 12.1 Å². The van der Waals surface area contributed by atoms with Crippen LogP contribution in [0.5, 0.6) is 0 Å². The number of aromatic nitrogens is 1. The number of nitrogens with one attached hydrogen (secondary N) is 3. The maximum atomic E-state index is 13.3. The average Bonchev–Trinajstić information content (AvgIpc) is 3.49. The summed E-state index contributed by atoms with van der Waals surface area (Å²) in [6.07, 6.45) is 2.98. The quantitative estimate of drug-likeness (QED) is 0.517. The Bertz CT molecular complexity index is 1130. The van der Waals surface area contributed by atoms with E-state index in [9.17, 15) is 14.4 Å². The van der Waals surface area contributed by atoms with Gasteiger partial charge in [0.2, 0.25) is 17.7 Å². The molecule has 2 aromatic rings. The number of benzene rings is 1. The van der Waals surface area contributed by atoms with E-state index in [0.29, 0.717) is 31.0 Å². The van der Waals surface area contributed by atoms with Gasteiger partial charge in [0, 0.05) is 24.5 Å². The van der Waals surface area contributed by atoms with Crippen molar-refractivity contribution in [2.24, 2.45) is 5.73 Å². The second kappa shape index (κ2) is 9.84. The van der Waals surface area contributed by atoms with Crippen molar-refractivity contribution in [2.75, 3.05) is 25.0 Å². The molecule has 33 heavy (non-hydrogen) atoms. The van der Waals surface area contributed by atoms with Gasteiger partial charge in [0.25, 0.3) is 0 Å². The summed E-state index contributed by atoms with van der Waals surface area (Å²) in [7, 11) is 0. The summed E-state index contributed by atoms with van der Waals surface area (Å²) in [5, 5.41) is 5.71. The van der Waals surface area contributed by atoms with Gasteiger partial charge >= 0.3 is 0 Å². The highest BCUT2D eigenvalue weighted by Crippen LogP contribution is 2.25. The van der Waals surface area contributed by atoms with Gasteiger partial charge in [0.05, 0.1) is 30.0 Å². The van der Waals surface area contributed by atoms with E-state index in [0.717, 1.165) is 21.5 Å². The van der Waals surface area contributed by atoms with E-state index in [2.05, 4.69) is 36.3 Å². The minimum atomic E-state index is -0.816. The van der Waals surface area contributed by atoms with Gasteiger partial charge in [-0.1, -0.05) is 19.9 Å². The third-order valence-electron chi connectivity index (χ3n) is 6.30. The summed E-state index contributed by atoms with van der Waals surface area (Å²) in [5.41, 5.74) is 7.93. The van der Waals surface area contributed by atoms with Crippen molar-refractivity contribution < 1.29 is 17.2 Å². The lowest BCUT2D eigenvalue weighted by molar-refractivity contribution is -0.138. The number of likely N-dealkylation sites (tertiary alicyclic amines) is 1. The standard InChI is InChI=1S/C24H32N6O3/c1-14(2)15-5-6-19-16(8-15)9-17(12-26-19)29-23(32)21-4-3-7-30(21)24(33)20-10-18(13-27-20)28-22(31)11-25/h5-6,8-9,12,14,18,20-21,27H,3-4,7,10-11,13,25H2,1-2H3,(H,28,31)(H,29,32)/t18-,20+,21+/m1/s1/i/hD2. The molecule has 0 bridgehead atoms. The molecule has 0 aliphatic carbocycles. The fraction of sp³-hybridized carbons (Fsp3) is 0.500. The summed E-state index contributed by atoms with van der Waals surface area (Å²) in [6.45, 7) is 4.44. The summed E-state index contributed by atoms with van der Waals surface area (Å²) in [4.78, 5) is 44.2. The minimum Gasteiger partial charge on any atom is -0.351 e. The minimum absolute atomic E-state index is 0.0808. The number of rotatable bonds is 6. The second-order valence-corrected chi connectivity index (χ2v) is 9.01. The largest absolute Gasteiger partial charge is 0.351 e. The van der Waals surface area contributed by atoms with Gasteiger partial charge in [0.1, 0.15) is 7.45 Å². The lowest BCUT2D eigenvalue weighted by atomic mass is 10.0. The smallest absolute Gasteiger partial charge is 0.247 e. The van der Waals surface area contributed by atoms with Crippen LogP contribution in [0.3, 0.4) is 0 Å². The maximum absolute atomic E-state index is 13.3. The van der Waals surface area contributed by atoms with Crippen LogP contribution in [0.1, 0.15) is 44.6 Å². The molecule has 9 nitrogen and oxygen atoms in total. The highest BCUT2D eigenvalue weighted by Gasteiger charge is 2.39. The molecule has 0 unspecified atom stereocenters. The molecule has 3 amide bonds. The Hall–Kier alpha value is -3.04. The van der Waals surface area contributed by atoms with Crippen LogP contribution in [0.25, 0.3) is 10.9 Å². The van der Waals surface area contributed by atoms with Gasteiger partial charge in [-0.05, 0) is 48.9 Å². The molecule has 1 aromatic heterocycles. The van der Waals surface area contributed by atoms with E-state index < -0.39 is 24.0 Å².